The number of Topliss-reactive ketones (excluding diaryl/α,β-unsaturated/α-hetero) is 1. The van der Waals surface area contributed by atoms with Gasteiger partial charge in [0.1, 0.15) is 11.5 Å². The maximum Gasteiger partial charge on any atom is 0.185 e. The van der Waals surface area contributed by atoms with Crippen LogP contribution < -0.4 is 0 Å². The largest absolute Gasteiger partial charge is 0.292 e. The summed E-state index contributed by atoms with van der Waals surface area (Å²) in [5, 5.41) is 4.19. The van der Waals surface area contributed by atoms with Crippen LogP contribution in [0.5, 0.6) is 0 Å². The second-order valence-corrected chi connectivity index (χ2v) is 4.69. The molecule has 0 saturated heterocycles. The van der Waals surface area contributed by atoms with Crippen molar-refractivity contribution in [2.45, 2.75) is 6.42 Å². The molecule has 0 aliphatic heterocycles. The lowest BCUT2D eigenvalue weighted by Crippen LogP contribution is -2.11. The van der Waals surface area contributed by atoms with E-state index < -0.39 is 0 Å². The Hall–Kier alpha value is -2.75. The van der Waals surface area contributed by atoms with Gasteiger partial charge in [0.15, 0.2) is 5.78 Å². The van der Waals surface area contributed by atoms with Crippen LogP contribution in [0.25, 0.3) is 5.69 Å². The molecule has 0 aliphatic rings. The summed E-state index contributed by atoms with van der Waals surface area (Å²) in [6.07, 6.45) is 1.74. The van der Waals surface area contributed by atoms with Gasteiger partial charge in [0, 0.05) is 6.42 Å². The van der Waals surface area contributed by atoms with Gasteiger partial charge in [-0.3, -0.25) is 4.79 Å². The number of rotatable bonds is 4. The van der Waals surface area contributed by atoms with Crippen molar-refractivity contribution in [3.63, 3.8) is 0 Å². The van der Waals surface area contributed by atoms with E-state index in [1.54, 1.807) is 29.1 Å². The lowest BCUT2D eigenvalue weighted by molar-refractivity contribution is 0.0985. The number of benzene rings is 2. The number of nitrogens with zero attached hydrogens (tertiary/aromatic N) is 2. The summed E-state index contributed by atoms with van der Waals surface area (Å²) in [5.74, 6) is -0.432. The summed E-state index contributed by atoms with van der Waals surface area (Å²) in [6, 6.07) is 17.2. The molecular formula is C17H13FN2O. The molecule has 0 atom stereocenters. The van der Waals surface area contributed by atoms with Crippen LogP contribution in [0, 0.1) is 5.82 Å². The molecule has 3 rings (SSSR count). The smallest absolute Gasteiger partial charge is 0.185 e. The van der Waals surface area contributed by atoms with Crippen LogP contribution in [0.15, 0.2) is 66.9 Å². The number of ketones is 1. The molecule has 0 fully saturated rings. The average Bonchev–Trinajstić information content (AvgIpc) is 2.98. The van der Waals surface area contributed by atoms with Crippen LogP contribution in [-0.4, -0.2) is 15.6 Å². The zero-order valence-electron chi connectivity index (χ0n) is 11.2. The molecule has 104 valence electrons. The minimum absolute atomic E-state index is 0.0954. The summed E-state index contributed by atoms with van der Waals surface area (Å²) in [4.78, 5) is 12.4. The topological polar surface area (TPSA) is 34.9 Å². The Balaban J connectivity index is 1.88. The monoisotopic (exact) mass is 280 g/mol. The molecule has 2 aromatic carbocycles. The van der Waals surface area contributed by atoms with E-state index >= 15 is 0 Å². The highest BCUT2D eigenvalue weighted by Crippen LogP contribution is 2.13. The third kappa shape index (κ3) is 2.89. The van der Waals surface area contributed by atoms with Crippen molar-refractivity contribution in [3.8, 4) is 5.69 Å². The number of aromatic nitrogens is 2. The van der Waals surface area contributed by atoms with Crippen molar-refractivity contribution in [1.29, 1.82) is 0 Å². The first-order valence-corrected chi connectivity index (χ1v) is 6.61. The Bertz CT molecular complexity index is 765. The number of hydrogen-bond acceptors (Lipinski definition) is 2. The lowest BCUT2D eigenvalue weighted by Gasteiger charge is -2.06. The van der Waals surface area contributed by atoms with Gasteiger partial charge in [0.05, 0.1) is 11.9 Å². The highest BCUT2D eigenvalue weighted by molar-refractivity contribution is 5.96. The van der Waals surface area contributed by atoms with Crippen LogP contribution in [0.2, 0.25) is 0 Å². The number of carbonyl (C=O) groups is 1. The van der Waals surface area contributed by atoms with Gasteiger partial charge in [-0.1, -0.05) is 30.3 Å². The fraction of sp³-hybridized carbons (Fsp3) is 0.0588. The van der Waals surface area contributed by atoms with Gasteiger partial charge in [-0.2, -0.15) is 5.10 Å². The normalized spacial score (nSPS) is 10.5. The van der Waals surface area contributed by atoms with Crippen molar-refractivity contribution in [2.24, 2.45) is 0 Å². The van der Waals surface area contributed by atoms with Gasteiger partial charge >= 0.3 is 0 Å². The molecular weight excluding hydrogens is 267 g/mol. The number of hydrogen-bond donors (Lipinski definition) is 0. The van der Waals surface area contributed by atoms with E-state index in [0.717, 1.165) is 5.69 Å². The number of para-hydroxylation sites is 1. The Morgan fingerprint density at radius 3 is 2.62 bits per heavy atom. The Morgan fingerprint density at radius 2 is 1.86 bits per heavy atom. The molecule has 0 spiro atoms. The van der Waals surface area contributed by atoms with E-state index in [1.807, 2.05) is 30.3 Å². The van der Waals surface area contributed by atoms with Gasteiger partial charge in [0.25, 0.3) is 0 Å². The van der Waals surface area contributed by atoms with Gasteiger partial charge in [-0.15, -0.1) is 0 Å². The van der Waals surface area contributed by atoms with Crippen LogP contribution >= 0.6 is 0 Å². The molecule has 0 saturated carbocycles. The molecule has 0 amide bonds. The maximum absolute atomic E-state index is 13.2. The van der Waals surface area contributed by atoms with Crippen LogP contribution in [0.1, 0.15) is 16.1 Å². The van der Waals surface area contributed by atoms with Crippen LogP contribution in [-0.2, 0) is 6.42 Å². The Kier molecular flexibility index (Phi) is 3.60. The number of halogens is 1. The van der Waals surface area contributed by atoms with Crippen LogP contribution in [0.4, 0.5) is 4.39 Å². The van der Waals surface area contributed by atoms with E-state index in [2.05, 4.69) is 5.10 Å². The minimum atomic E-state index is -0.336. The minimum Gasteiger partial charge on any atom is -0.292 e. The lowest BCUT2D eigenvalue weighted by atomic mass is 10.1. The first kappa shape index (κ1) is 13.2. The first-order valence-electron chi connectivity index (χ1n) is 6.61. The van der Waals surface area contributed by atoms with Crippen molar-refractivity contribution in [3.05, 3.63) is 83.9 Å². The van der Waals surface area contributed by atoms with Crippen molar-refractivity contribution in [2.75, 3.05) is 0 Å². The second kappa shape index (κ2) is 5.71. The molecule has 0 aliphatic carbocycles. The molecule has 0 N–H and O–H groups in total. The summed E-state index contributed by atoms with van der Waals surface area (Å²) in [6.45, 7) is 0. The van der Waals surface area contributed by atoms with Crippen LogP contribution in [0.3, 0.4) is 0 Å². The molecule has 3 nitrogen and oxygen atoms in total. The van der Waals surface area contributed by atoms with E-state index in [4.69, 9.17) is 0 Å². The summed E-state index contributed by atoms with van der Waals surface area (Å²) in [5.41, 5.74) is 1.97. The molecule has 4 heteroatoms. The van der Waals surface area contributed by atoms with Gasteiger partial charge in [-0.25, -0.2) is 9.07 Å². The van der Waals surface area contributed by atoms with Crippen molar-refractivity contribution in [1.82, 2.24) is 9.78 Å². The molecule has 21 heavy (non-hydrogen) atoms. The quantitative estimate of drug-likeness (QED) is 0.686. The van der Waals surface area contributed by atoms with E-state index in [-0.39, 0.29) is 18.0 Å². The van der Waals surface area contributed by atoms with Gasteiger partial charge < -0.3 is 0 Å². The van der Waals surface area contributed by atoms with Crippen molar-refractivity contribution >= 4 is 5.78 Å². The SMILES string of the molecule is O=C(Cc1cccc(F)c1)c1ccnn1-c1ccccc1. The molecule has 0 unspecified atom stereocenters. The van der Waals surface area contributed by atoms with E-state index in [9.17, 15) is 9.18 Å². The first-order chi connectivity index (χ1) is 10.2. The highest BCUT2D eigenvalue weighted by Gasteiger charge is 2.14. The standard InChI is InChI=1S/C17H13FN2O/c18-14-6-4-5-13(11-14)12-17(21)16-9-10-19-20(16)15-7-2-1-3-8-15/h1-11H,12H2. The molecule has 0 bridgehead atoms. The summed E-state index contributed by atoms with van der Waals surface area (Å²) < 4.78 is 14.8. The summed E-state index contributed by atoms with van der Waals surface area (Å²) in [7, 11) is 0. The second-order valence-electron chi connectivity index (χ2n) is 4.69. The van der Waals surface area contributed by atoms with Gasteiger partial charge in [0.2, 0.25) is 0 Å². The van der Waals surface area contributed by atoms with E-state index in [1.165, 1.54) is 12.1 Å². The van der Waals surface area contributed by atoms with Crippen molar-refractivity contribution < 1.29 is 9.18 Å². The van der Waals surface area contributed by atoms with Gasteiger partial charge in [-0.05, 0) is 35.9 Å². The zero-order chi connectivity index (χ0) is 14.7. The third-order valence-corrected chi connectivity index (χ3v) is 3.18. The molecule has 1 aromatic heterocycles. The highest BCUT2D eigenvalue weighted by atomic mass is 19.1. The molecule has 1 heterocycles. The predicted molar refractivity (Wildman–Crippen MR) is 78.0 cm³/mol. The summed E-state index contributed by atoms with van der Waals surface area (Å²) >= 11 is 0. The third-order valence-electron chi connectivity index (χ3n) is 3.18. The van der Waals surface area contributed by atoms with E-state index in [0.29, 0.717) is 11.3 Å². The Morgan fingerprint density at radius 1 is 1.05 bits per heavy atom. The Labute approximate surface area is 121 Å². The zero-order valence-corrected chi connectivity index (χ0v) is 11.2. The molecule has 3 aromatic rings. The fourth-order valence-electron chi connectivity index (χ4n) is 2.21. The average molecular weight is 280 g/mol. The molecule has 0 radical (unpaired) electrons. The predicted octanol–water partition coefficient (Wildman–Crippen LogP) is 3.44. The fourth-order valence-corrected chi connectivity index (χ4v) is 2.21. The number of carbonyl (C=O) groups excluding carboxylic acids is 1. The maximum atomic E-state index is 13.2.